The fraction of sp³-hybridized carbons (Fsp3) is 0.290. The molecule has 192 valence electrons. The fourth-order valence-corrected chi connectivity index (χ4v) is 4.62. The van der Waals surface area contributed by atoms with Crippen molar-refractivity contribution >= 4 is 23.1 Å². The summed E-state index contributed by atoms with van der Waals surface area (Å²) in [5, 5.41) is 11.4. The number of aliphatic hydroxyl groups excluding tert-OH is 1. The van der Waals surface area contributed by atoms with E-state index >= 15 is 0 Å². The number of amides is 1. The molecule has 1 heterocycles. The molecule has 3 aromatic carbocycles. The number of hydrogen-bond donors (Lipinski definition) is 1. The molecule has 1 aliphatic heterocycles. The average molecular weight is 500 g/mol. The second kappa shape index (κ2) is 10.9. The molecule has 0 spiro atoms. The SMILES string of the molecule is CCOc1ccc(C2/C(=C(/O)c3ccc(OCC)c(C)c3)C(=O)C(=O)N2c2ccc(C(C)C)cc2)cc1. The minimum atomic E-state index is -0.799. The van der Waals surface area contributed by atoms with E-state index < -0.39 is 17.7 Å². The first-order valence-electron chi connectivity index (χ1n) is 12.6. The Hall–Kier alpha value is -4.06. The van der Waals surface area contributed by atoms with Gasteiger partial charge in [-0.15, -0.1) is 0 Å². The van der Waals surface area contributed by atoms with Crippen molar-refractivity contribution in [3.63, 3.8) is 0 Å². The first kappa shape index (κ1) is 26.0. The second-order valence-corrected chi connectivity index (χ2v) is 9.33. The zero-order valence-corrected chi connectivity index (χ0v) is 21.9. The van der Waals surface area contributed by atoms with Crippen LogP contribution in [0.4, 0.5) is 5.69 Å². The highest BCUT2D eigenvalue weighted by Gasteiger charge is 2.47. The minimum absolute atomic E-state index is 0.0469. The molecule has 0 saturated carbocycles. The number of ketones is 1. The molecule has 0 aliphatic carbocycles. The number of benzene rings is 3. The predicted molar refractivity (Wildman–Crippen MR) is 145 cm³/mol. The number of aryl methyl sites for hydroxylation is 1. The predicted octanol–water partition coefficient (Wildman–Crippen LogP) is 6.54. The van der Waals surface area contributed by atoms with Crippen LogP contribution in [0.15, 0.2) is 72.3 Å². The summed E-state index contributed by atoms with van der Waals surface area (Å²) in [6.07, 6.45) is 0. The van der Waals surface area contributed by atoms with Gasteiger partial charge in [0, 0.05) is 11.3 Å². The third kappa shape index (κ3) is 5.10. The molecule has 37 heavy (non-hydrogen) atoms. The molecular formula is C31H33NO5. The number of nitrogens with zero attached hydrogens (tertiary/aromatic N) is 1. The maximum absolute atomic E-state index is 13.4. The highest BCUT2D eigenvalue weighted by molar-refractivity contribution is 6.51. The van der Waals surface area contributed by atoms with Gasteiger partial charge in [-0.2, -0.15) is 0 Å². The lowest BCUT2D eigenvalue weighted by atomic mass is 9.94. The molecule has 1 unspecified atom stereocenters. The van der Waals surface area contributed by atoms with Gasteiger partial charge in [0.15, 0.2) is 0 Å². The summed E-state index contributed by atoms with van der Waals surface area (Å²) < 4.78 is 11.2. The Morgan fingerprint density at radius 2 is 1.57 bits per heavy atom. The summed E-state index contributed by atoms with van der Waals surface area (Å²) in [6, 6.07) is 19.3. The molecule has 0 radical (unpaired) electrons. The third-order valence-corrected chi connectivity index (χ3v) is 6.54. The van der Waals surface area contributed by atoms with Crippen LogP contribution >= 0.6 is 0 Å². The van der Waals surface area contributed by atoms with Crippen molar-refractivity contribution in [2.45, 2.75) is 46.6 Å². The molecule has 6 heteroatoms. The summed E-state index contributed by atoms with van der Waals surface area (Å²) in [7, 11) is 0. The molecule has 3 aromatic rings. The van der Waals surface area contributed by atoms with Crippen LogP contribution in [0, 0.1) is 6.92 Å². The number of Topliss-reactive ketones (excluding diaryl/α,β-unsaturated/α-hetero) is 1. The molecule has 1 amide bonds. The Balaban J connectivity index is 1.87. The van der Waals surface area contributed by atoms with Gasteiger partial charge in [0.25, 0.3) is 11.7 Å². The normalized spacial score (nSPS) is 16.9. The van der Waals surface area contributed by atoms with E-state index in [2.05, 4.69) is 13.8 Å². The van der Waals surface area contributed by atoms with E-state index in [0.717, 1.165) is 11.1 Å². The lowest BCUT2D eigenvalue weighted by molar-refractivity contribution is -0.132. The molecule has 1 atom stereocenters. The Morgan fingerprint density at radius 1 is 0.919 bits per heavy atom. The molecular weight excluding hydrogens is 466 g/mol. The van der Waals surface area contributed by atoms with E-state index in [-0.39, 0.29) is 11.3 Å². The van der Waals surface area contributed by atoms with Crippen molar-refractivity contribution in [1.82, 2.24) is 0 Å². The standard InChI is InChI=1S/C31H33NO5/c1-6-36-25-15-10-22(11-16-25)28-27(29(33)23-12-17-26(37-7-2)20(5)18-23)30(34)31(35)32(28)24-13-8-21(9-14-24)19(3)4/h8-19,28,33H,6-7H2,1-5H3/b29-27-. The van der Waals surface area contributed by atoms with Gasteiger partial charge < -0.3 is 14.6 Å². The summed E-state index contributed by atoms with van der Waals surface area (Å²) >= 11 is 0. The monoisotopic (exact) mass is 499 g/mol. The quantitative estimate of drug-likeness (QED) is 0.216. The van der Waals surface area contributed by atoms with Crippen molar-refractivity contribution < 1.29 is 24.2 Å². The summed E-state index contributed by atoms with van der Waals surface area (Å²) in [6.45, 7) is 10.9. The van der Waals surface area contributed by atoms with E-state index in [1.54, 1.807) is 18.2 Å². The Kier molecular flexibility index (Phi) is 7.67. The smallest absolute Gasteiger partial charge is 0.300 e. The minimum Gasteiger partial charge on any atom is -0.507 e. The summed E-state index contributed by atoms with van der Waals surface area (Å²) in [4.78, 5) is 28.3. The first-order chi connectivity index (χ1) is 17.8. The van der Waals surface area contributed by atoms with E-state index in [1.165, 1.54) is 4.90 Å². The van der Waals surface area contributed by atoms with Gasteiger partial charge >= 0.3 is 0 Å². The highest BCUT2D eigenvalue weighted by atomic mass is 16.5. The fourth-order valence-electron chi connectivity index (χ4n) is 4.62. The van der Waals surface area contributed by atoms with Crippen LogP contribution in [0.1, 0.15) is 61.9 Å². The van der Waals surface area contributed by atoms with Crippen LogP contribution in [0.5, 0.6) is 11.5 Å². The van der Waals surface area contributed by atoms with Crippen molar-refractivity contribution in [3.8, 4) is 11.5 Å². The lowest BCUT2D eigenvalue weighted by Gasteiger charge is -2.26. The summed E-state index contributed by atoms with van der Waals surface area (Å²) in [5.74, 6) is 0.0923. The number of anilines is 1. The van der Waals surface area contributed by atoms with Gasteiger partial charge in [0.2, 0.25) is 0 Å². The molecule has 1 N–H and O–H groups in total. The van der Waals surface area contributed by atoms with Crippen molar-refractivity contribution in [2.24, 2.45) is 0 Å². The van der Waals surface area contributed by atoms with Gasteiger partial charge in [0.05, 0.1) is 24.8 Å². The van der Waals surface area contributed by atoms with Gasteiger partial charge in [-0.25, -0.2) is 0 Å². The largest absolute Gasteiger partial charge is 0.507 e. The first-order valence-corrected chi connectivity index (χ1v) is 12.6. The number of carbonyl (C=O) groups excluding carboxylic acids is 2. The van der Waals surface area contributed by atoms with Gasteiger partial charge in [-0.05, 0) is 85.8 Å². The van der Waals surface area contributed by atoms with E-state index in [0.29, 0.717) is 47.4 Å². The van der Waals surface area contributed by atoms with Crippen LogP contribution < -0.4 is 14.4 Å². The zero-order chi connectivity index (χ0) is 26.7. The maximum atomic E-state index is 13.4. The van der Waals surface area contributed by atoms with Gasteiger partial charge in [-0.3, -0.25) is 14.5 Å². The molecule has 4 rings (SSSR count). The van der Waals surface area contributed by atoms with Crippen molar-refractivity contribution in [2.75, 3.05) is 18.1 Å². The van der Waals surface area contributed by atoms with Crippen molar-refractivity contribution in [3.05, 3.63) is 94.6 Å². The van der Waals surface area contributed by atoms with Crippen LogP contribution in [-0.4, -0.2) is 30.0 Å². The van der Waals surface area contributed by atoms with Crippen LogP contribution in [0.3, 0.4) is 0 Å². The number of rotatable bonds is 8. The molecule has 1 aliphatic rings. The zero-order valence-electron chi connectivity index (χ0n) is 21.9. The third-order valence-electron chi connectivity index (χ3n) is 6.54. The lowest BCUT2D eigenvalue weighted by Crippen LogP contribution is -2.29. The molecule has 1 saturated heterocycles. The number of carbonyl (C=O) groups is 2. The molecule has 1 fully saturated rings. The molecule has 6 nitrogen and oxygen atoms in total. The topological polar surface area (TPSA) is 76.1 Å². The Bertz CT molecular complexity index is 1320. The van der Waals surface area contributed by atoms with Crippen molar-refractivity contribution in [1.29, 1.82) is 0 Å². The van der Waals surface area contributed by atoms with Gasteiger partial charge in [0.1, 0.15) is 17.3 Å². The van der Waals surface area contributed by atoms with E-state index in [1.807, 2.05) is 69.3 Å². The Morgan fingerprint density at radius 3 is 2.14 bits per heavy atom. The summed E-state index contributed by atoms with van der Waals surface area (Å²) in [5.41, 5.74) is 3.73. The van der Waals surface area contributed by atoms with E-state index in [4.69, 9.17) is 9.47 Å². The van der Waals surface area contributed by atoms with E-state index in [9.17, 15) is 14.7 Å². The molecule has 0 bridgehead atoms. The number of ether oxygens (including phenoxy) is 2. The van der Waals surface area contributed by atoms with Gasteiger partial charge in [-0.1, -0.05) is 38.1 Å². The highest BCUT2D eigenvalue weighted by Crippen LogP contribution is 2.43. The Labute approximate surface area is 218 Å². The molecule has 0 aromatic heterocycles. The van der Waals surface area contributed by atoms with Crippen LogP contribution in [0.25, 0.3) is 5.76 Å². The van der Waals surface area contributed by atoms with Crippen LogP contribution in [-0.2, 0) is 9.59 Å². The average Bonchev–Trinajstić information content (AvgIpc) is 3.15. The van der Waals surface area contributed by atoms with Crippen LogP contribution in [0.2, 0.25) is 0 Å². The number of aliphatic hydroxyl groups is 1. The maximum Gasteiger partial charge on any atom is 0.300 e. The second-order valence-electron chi connectivity index (χ2n) is 9.33. The number of hydrogen-bond acceptors (Lipinski definition) is 5.